The predicted octanol–water partition coefficient (Wildman–Crippen LogP) is 3.60. The van der Waals surface area contributed by atoms with Crippen molar-refractivity contribution in [3.63, 3.8) is 0 Å². The molecule has 0 unspecified atom stereocenters. The molecule has 0 fully saturated rings. The average molecular weight is 466 g/mol. The second-order valence-corrected chi connectivity index (χ2v) is 8.97. The molecule has 0 radical (unpaired) electrons. The zero-order valence-electron chi connectivity index (χ0n) is 16.7. The monoisotopic (exact) mass is 465 g/mol. The Kier molecular flexibility index (Phi) is 6.94. The Hall–Kier alpha value is -2.95. The molecule has 0 spiro atoms. The highest BCUT2D eigenvalue weighted by molar-refractivity contribution is 7.89. The number of hydrogen-bond acceptors (Lipinski definition) is 7. The van der Waals surface area contributed by atoms with Crippen LogP contribution < -0.4 is 9.46 Å². The normalized spacial score (nSPS) is 11.6. The molecule has 11 heteroatoms. The van der Waals surface area contributed by atoms with Crippen LogP contribution >= 0.6 is 11.6 Å². The van der Waals surface area contributed by atoms with E-state index in [4.69, 9.17) is 26.0 Å². The number of ether oxygens (including phenoxy) is 1. The van der Waals surface area contributed by atoms with Crippen LogP contribution in [0.15, 0.2) is 51.9 Å². The van der Waals surface area contributed by atoms with E-state index < -0.39 is 16.0 Å². The molecular weight excluding hydrogens is 446 g/mol. The van der Waals surface area contributed by atoms with Crippen LogP contribution in [0.1, 0.15) is 20.3 Å². The molecule has 0 aliphatic carbocycles. The van der Waals surface area contributed by atoms with Gasteiger partial charge >= 0.3 is 5.97 Å². The van der Waals surface area contributed by atoms with Gasteiger partial charge in [-0.05, 0) is 56.3 Å². The van der Waals surface area contributed by atoms with Gasteiger partial charge in [0.05, 0.1) is 22.4 Å². The number of nitrogens with one attached hydrogen (secondary N) is 1. The molecule has 3 rings (SSSR count). The van der Waals surface area contributed by atoms with Gasteiger partial charge in [0, 0.05) is 17.7 Å². The van der Waals surface area contributed by atoms with Crippen molar-refractivity contribution < 1.29 is 27.6 Å². The van der Waals surface area contributed by atoms with Crippen molar-refractivity contribution in [2.45, 2.75) is 31.3 Å². The summed E-state index contributed by atoms with van der Waals surface area (Å²) in [6.45, 7) is 3.60. The fourth-order valence-corrected chi connectivity index (χ4v) is 3.86. The summed E-state index contributed by atoms with van der Waals surface area (Å²) in [5, 5.41) is 13.0. The summed E-state index contributed by atoms with van der Waals surface area (Å²) in [5.41, 5.74) is 1.16. The molecule has 0 aliphatic rings. The van der Waals surface area contributed by atoms with Crippen molar-refractivity contribution in [1.82, 2.24) is 14.9 Å². The van der Waals surface area contributed by atoms with E-state index in [0.717, 1.165) is 0 Å². The summed E-state index contributed by atoms with van der Waals surface area (Å²) in [5.74, 6) is -0.0111. The van der Waals surface area contributed by atoms with Gasteiger partial charge in [-0.2, -0.15) is 4.98 Å². The van der Waals surface area contributed by atoms with Crippen LogP contribution in [-0.4, -0.2) is 42.3 Å². The highest BCUT2D eigenvalue weighted by Gasteiger charge is 2.17. The van der Waals surface area contributed by atoms with Crippen molar-refractivity contribution >= 4 is 27.6 Å². The molecule has 0 bridgehead atoms. The van der Waals surface area contributed by atoms with Crippen LogP contribution in [0.25, 0.3) is 22.8 Å². The van der Waals surface area contributed by atoms with Gasteiger partial charge < -0.3 is 14.4 Å². The summed E-state index contributed by atoms with van der Waals surface area (Å²) < 4.78 is 37.5. The lowest BCUT2D eigenvalue weighted by Gasteiger charge is -2.11. The minimum absolute atomic E-state index is 0.00565. The molecule has 0 saturated heterocycles. The Balaban J connectivity index is 1.75. The van der Waals surface area contributed by atoms with E-state index in [2.05, 4.69) is 14.9 Å². The summed E-state index contributed by atoms with van der Waals surface area (Å²) in [6, 6.07) is 11.0. The van der Waals surface area contributed by atoms with Crippen LogP contribution in [0.2, 0.25) is 5.02 Å². The molecule has 31 heavy (non-hydrogen) atoms. The minimum atomic E-state index is -3.82. The van der Waals surface area contributed by atoms with Crippen molar-refractivity contribution in [3.05, 3.63) is 47.5 Å². The number of rotatable bonds is 9. The maximum absolute atomic E-state index is 12.2. The van der Waals surface area contributed by atoms with Gasteiger partial charge in [-0.1, -0.05) is 16.8 Å². The first-order chi connectivity index (χ1) is 14.7. The first kappa shape index (κ1) is 22.7. The van der Waals surface area contributed by atoms with Gasteiger partial charge in [0.1, 0.15) is 5.75 Å². The van der Waals surface area contributed by atoms with Crippen LogP contribution in [0.4, 0.5) is 0 Å². The largest absolute Gasteiger partial charge is 0.489 e. The highest BCUT2D eigenvalue weighted by atomic mass is 35.5. The fraction of sp³-hybridized carbons (Fsp3) is 0.250. The molecule has 1 aromatic heterocycles. The fourth-order valence-electron chi connectivity index (χ4n) is 2.60. The van der Waals surface area contributed by atoms with Gasteiger partial charge in [0.2, 0.25) is 15.8 Å². The number of sulfonamides is 1. The van der Waals surface area contributed by atoms with E-state index in [1.165, 1.54) is 24.3 Å². The highest BCUT2D eigenvalue weighted by Crippen LogP contribution is 2.31. The lowest BCUT2D eigenvalue weighted by Crippen LogP contribution is -2.26. The van der Waals surface area contributed by atoms with Crippen LogP contribution in [-0.2, 0) is 14.8 Å². The maximum atomic E-state index is 12.2. The summed E-state index contributed by atoms with van der Waals surface area (Å²) in [4.78, 5) is 14.9. The second-order valence-electron chi connectivity index (χ2n) is 6.80. The van der Waals surface area contributed by atoms with E-state index in [9.17, 15) is 13.2 Å². The Labute approximate surface area is 184 Å². The number of carboxylic acids is 1. The number of carbonyl (C=O) groups is 1. The number of carboxylic acid groups (broad SMARTS) is 1. The topological polar surface area (TPSA) is 132 Å². The molecule has 164 valence electrons. The van der Waals surface area contributed by atoms with E-state index in [1.54, 1.807) is 18.2 Å². The molecular formula is C20H20ClN3O6S. The molecule has 2 aromatic carbocycles. The van der Waals surface area contributed by atoms with Gasteiger partial charge in [-0.25, -0.2) is 13.1 Å². The first-order valence-electron chi connectivity index (χ1n) is 9.28. The zero-order chi connectivity index (χ0) is 22.6. The lowest BCUT2D eigenvalue weighted by molar-refractivity contribution is -0.136. The number of aliphatic carboxylic acids is 1. The first-order valence-corrected chi connectivity index (χ1v) is 11.1. The van der Waals surface area contributed by atoms with Crippen molar-refractivity contribution in [2.75, 3.05) is 6.54 Å². The average Bonchev–Trinajstić information content (AvgIpc) is 3.19. The summed E-state index contributed by atoms with van der Waals surface area (Å²) >= 11 is 6.25. The Bertz CT molecular complexity index is 1180. The van der Waals surface area contributed by atoms with E-state index in [-0.39, 0.29) is 29.9 Å². The Morgan fingerprint density at radius 2 is 1.87 bits per heavy atom. The second kappa shape index (κ2) is 9.46. The standard InChI is InChI=1S/C20H20ClN3O6S/c1-12(2)29-17-8-5-14(11-16(17)21)19-23-20(30-24-19)13-3-6-15(7-4-13)31(27,28)22-10-9-18(25)26/h3-8,11-12,22H,9-10H2,1-2H3,(H,25,26). The van der Waals surface area contributed by atoms with Gasteiger partial charge in [0.15, 0.2) is 0 Å². The smallest absolute Gasteiger partial charge is 0.304 e. The van der Waals surface area contributed by atoms with Crippen LogP contribution in [0, 0.1) is 0 Å². The lowest BCUT2D eigenvalue weighted by atomic mass is 10.2. The minimum Gasteiger partial charge on any atom is -0.489 e. The molecule has 0 saturated carbocycles. The molecule has 3 aromatic rings. The molecule has 0 aliphatic heterocycles. The van der Waals surface area contributed by atoms with Crippen LogP contribution in [0.5, 0.6) is 5.75 Å². The SMILES string of the molecule is CC(C)Oc1ccc(-c2noc(-c3ccc(S(=O)(=O)NCCC(=O)O)cc3)n2)cc1Cl. The summed E-state index contributed by atoms with van der Waals surface area (Å²) in [7, 11) is -3.82. The number of benzene rings is 2. The van der Waals surface area contributed by atoms with E-state index >= 15 is 0 Å². The molecule has 9 nitrogen and oxygen atoms in total. The predicted molar refractivity (Wildman–Crippen MR) is 113 cm³/mol. The summed E-state index contributed by atoms with van der Waals surface area (Å²) in [6.07, 6.45) is -0.323. The number of aromatic nitrogens is 2. The molecule has 2 N–H and O–H groups in total. The van der Waals surface area contributed by atoms with Crippen molar-refractivity contribution in [3.8, 4) is 28.6 Å². The third kappa shape index (κ3) is 5.81. The zero-order valence-corrected chi connectivity index (χ0v) is 18.3. The maximum Gasteiger partial charge on any atom is 0.304 e. The molecule has 0 amide bonds. The van der Waals surface area contributed by atoms with E-state index in [0.29, 0.717) is 27.7 Å². The van der Waals surface area contributed by atoms with Crippen molar-refractivity contribution in [1.29, 1.82) is 0 Å². The Morgan fingerprint density at radius 1 is 1.19 bits per heavy atom. The van der Waals surface area contributed by atoms with Gasteiger partial charge in [-0.3, -0.25) is 4.79 Å². The third-order valence-electron chi connectivity index (χ3n) is 4.02. The van der Waals surface area contributed by atoms with E-state index in [1.807, 2.05) is 13.8 Å². The van der Waals surface area contributed by atoms with Gasteiger partial charge in [0.25, 0.3) is 5.89 Å². The van der Waals surface area contributed by atoms with Crippen LogP contribution in [0.3, 0.4) is 0 Å². The van der Waals surface area contributed by atoms with Crippen molar-refractivity contribution in [2.24, 2.45) is 0 Å². The number of halogens is 1. The Morgan fingerprint density at radius 3 is 2.48 bits per heavy atom. The molecule has 0 atom stereocenters. The quantitative estimate of drug-likeness (QED) is 0.490. The molecule has 1 heterocycles. The third-order valence-corrected chi connectivity index (χ3v) is 5.79. The van der Waals surface area contributed by atoms with Gasteiger partial charge in [-0.15, -0.1) is 0 Å². The number of hydrogen-bond donors (Lipinski definition) is 2. The number of nitrogens with zero attached hydrogens (tertiary/aromatic N) is 2.